The van der Waals surface area contributed by atoms with Crippen LogP contribution in [0.3, 0.4) is 0 Å². The molecule has 0 radical (unpaired) electrons. The molecular formula is C11H18N2. The third-order valence-electron chi connectivity index (χ3n) is 3.32. The van der Waals surface area contributed by atoms with Gasteiger partial charge in [0.25, 0.3) is 0 Å². The molecule has 1 aromatic heterocycles. The van der Waals surface area contributed by atoms with E-state index in [-0.39, 0.29) is 0 Å². The van der Waals surface area contributed by atoms with Crippen molar-refractivity contribution in [1.29, 1.82) is 0 Å². The van der Waals surface area contributed by atoms with Gasteiger partial charge < -0.3 is 0 Å². The molecule has 0 saturated heterocycles. The summed E-state index contributed by atoms with van der Waals surface area (Å²) >= 11 is 0. The van der Waals surface area contributed by atoms with Crippen molar-refractivity contribution >= 4 is 0 Å². The number of aromatic nitrogens is 2. The van der Waals surface area contributed by atoms with Crippen LogP contribution in [-0.4, -0.2) is 10.2 Å². The van der Waals surface area contributed by atoms with Gasteiger partial charge in [0.2, 0.25) is 0 Å². The monoisotopic (exact) mass is 178 g/mol. The Hall–Kier alpha value is -0.790. The van der Waals surface area contributed by atoms with E-state index in [9.17, 15) is 0 Å². The Bertz CT molecular complexity index is 288. The molecule has 2 heteroatoms. The first-order valence-electron chi connectivity index (χ1n) is 5.23. The number of nitrogens with zero attached hydrogens (tertiary/aromatic N) is 1. The topological polar surface area (TPSA) is 28.7 Å². The minimum atomic E-state index is 0.698. The maximum atomic E-state index is 4.16. The van der Waals surface area contributed by atoms with Crippen LogP contribution in [0.4, 0.5) is 0 Å². The highest BCUT2D eigenvalue weighted by Gasteiger charge is 2.28. The lowest BCUT2D eigenvalue weighted by molar-refractivity contribution is 0.403. The van der Waals surface area contributed by atoms with Gasteiger partial charge >= 0.3 is 0 Å². The van der Waals surface area contributed by atoms with E-state index in [0.29, 0.717) is 11.8 Å². The first kappa shape index (κ1) is 8.79. The highest BCUT2D eigenvalue weighted by Crippen LogP contribution is 2.40. The summed E-state index contributed by atoms with van der Waals surface area (Å²) in [5.74, 6) is 2.13. The Kier molecular flexibility index (Phi) is 2.14. The lowest BCUT2D eigenvalue weighted by atomic mass is 9.77. The van der Waals surface area contributed by atoms with Crippen molar-refractivity contribution in [2.75, 3.05) is 0 Å². The zero-order chi connectivity index (χ0) is 9.42. The first-order chi connectivity index (χ1) is 6.20. The van der Waals surface area contributed by atoms with Crippen molar-refractivity contribution in [1.82, 2.24) is 10.2 Å². The van der Waals surface area contributed by atoms with E-state index in [1.54, 1.807) is 0 Å². The highest BCUT2D eigenvalue weighted by atomic mass is 15.1. The third-order valence-corrected chi connectivity index (χ3v) is 3.32. The molecule has 0 saturated carbocycles. The molecule has 1 aliphatic carbocycles. The zero-order valence-corrected chi connectivity index (χ0v) is 8.67. The second-order valence-corrected chi connectivity index (χ2v) is 4.57. The first-order valence-corrected chi connectivity index (χ1v) is 5.23. The van der Waals surface area contributed by atoms with Crippen LogP contribution in [0, 0.1) is 5.92 Å². The molecule has 0 aromatic carbocycles. The minimum Gasteiger partial charge on any atom is -0.282 e. The number of hydrogen-bond donors (Lipinski definition) is 1. The molecular weight excluding hydrogens is 160 g/mol. The van der Waals surface area contributed by atoms with Crippen LogP contribution in [-0.2, 0) is 0 Å². The van der Waals surface area contributed by atoms with Crippen molar-refractivity contribution in [3.8, 4) is 0 Å². The van der Waals surface area contributed by atoms with Gasteiger partial charge in [-0.1, -0.05) is 20.8 Å². The number of rotatable bonds is 1. The number of H-pyrrole nitrogens is 1. The Labute approximate surface area is 79.7 Å². The molecule has 1 aromatic rings. The van der Waals surface area contributed by atoms with Gasteiger partial charge in [0.05, 0.1) is 6.20 Å². The van der Waals surface area contributed by atoms with Gasteiger partial charge in [0.15, 0.2) is 0 Å². The SMILES string of the molecule is CC(C)[C@H]1CC[C@@H](C)c2cn[nH]c21. The second-order valence-electron chi connectivity index (χ2n) is 4.57. The fourth-order valence-corrected chi connectivity index (χ4v) is 2.39. The largest absolute Gasteiger partial charge is 0.282 e. The van der Waals surface area contributed by atoms with Gasteiger partial charge in [0.1, 0.15) is 0 Å². The smallest absolute Gasteiger partial charge is 0.0524 e. The highest BCUT2D eigenvalue weighted by molar-refractivity contribution is 5.27. The predicted molar refractivity (Wildman–Crippen MR) is 53.8 cm³/mol. The van der Waals surface area contributed by atoms with Crippen LogP contribution in [0.5, 0.6) is 0 Å². The summed E-state index contributed by atoms with van der Waals surface area (Å²) in [6.07, 6.45) is 4.64. The molecule has 0 fully saturated rings. The lowest BCUT2D eigenvalue weighted by Gasteiger charge is -2.28. The maximum Gasteiger partial charge on any atom is 0.0524 e. The van der Waals surface area contributed by atoms with E-state index < -0.39 is 0 Å². The fraction of sp³-hybridized carbons (Fsp3) is 0.727. The summed E-state index contributed by atoms with van der Waals surface area (Å²) in [7, 11) is 0. The summed E-state index contributed by atoms with van der Waals surface area (Å²) in [4.78, 5) is 0. The Morgan fingerprint density at radius 1 is 1.46 bits per heavy atom. The normalized spacial score (nSPS) is 27.7. The Balaban J connectivity index is 2.35. The van der Waals surface area contributed by atoms with Crippen molar-refractivity contribution in [2.24, 2.45) is 5.92 Å². The van der Waals surface area contributed by atoms with Crippen molar-refractivity contribution in [2.45, 2.75) is 45.4 Å². The molecule has 1 heterocycles. The number of nitrogens with one attached hydrogen (secondary N) is 1. The van der Waals surface area contributed by atoms with Gasteiger partial charge in [-0.15, -0.1) is 0 Å². The van der Waals surface area contributed by atoms with Gasteiger partial charge in [0, 0.05) is 11.6 Å². The average Bonchev–Trinajstić information content (AvgIpc) is 2.53. The van der Waals surface area contributed by atoms with Gasteiger partial charge in [-0.25, -0.2) is 0 Å². The molecule has 2 rings (SSSR count). The lowest BCUT2D eigenvalue weighted by Crippen LogP contribution is -2.16. The molecule has 13 heavy (non-hydrogen) atoms. The van der Waals surface area contributed by atoms with Crippen molar-refractivity contribution in [3.63, 3.8) is 0 Å². The molecule has 1 aliphatic rings. The van der Waals surface area contributed by atoms with E-state index in [1.165, 1.54) is 24.1 Å². The summed E-state index contributed by atoms with van der Waals surface area (Å²) in [6, 6.07) is 0. The van der Waals surface area contributed by atoms with E-state index in [2.05, 4.69) is 31.0 Å². The number of aromatic amines is 1. The molecule has 72 valence electrons. The number of fused-ring (bicyclic) bond motifs is 1. The molecule has 1 N–H and O–H groups in total. The molecule has 2 atom stereocenters. The van der Waals surface area contributed by atoms with Crippen LogP contribution in [0.15, 0.2) is 6.20 Å². The Morgan fingerprint density at radius 2 is 2.23 bits per heavy atom. The molecule has 0 bridgehead atoms. The molecule has 2 nitrogen and oxygen atoms in total. The molecule has 0 aliphatic heterocycles. The van der Waals surface area contributed by atoms with Crippen molar-refractivity contribution in [3.05, 3.63) is 17.5 Å². The summed E-state index contributed by atoms with van der Waals surface area (Å²) in [6.45, 7) is 6.89. The fourth-order valence-electron chi connectivity index (χ4n) is 2.39. The summed E-state index contributed by atoms with van der Waals surface area (Å²) in [5.41, 5.74) is 2.85. The molecule has 0 spiro atoms. The maximum absolute atomic E-state index is 4.16. The van der Waals surface area contributed by atoms with E-state index in [4.69, 9.17) is 0 Å². The predicted octanol–water partition coefficient (Wildman–Crippen LogP) is 3.05. The summed E-state index contributed by atoms with van der Waals surface area (Å²) < 4.78 is 0. The standard InChI is InChI=1S/C11H18N2/c1-7(2)9-5-4-8(3)10-6-12-13-11(9)10/h6-9H,4-5H2,1-3H3,(H,12,13)/t8-,9-/m1/s1. The van der Waals surface area contributed by atoms with E-state index in [1.807, 2.05) is 6.20 Å². The second kappa shape index (κ2) is 3.17. The van der Waals surface area contributed by atoms with Gasteiger partial charge in [-0.2, -0.15) is 5.10 Å². The molecule has 0 unspecified atom stereocenters. The number of hydrogen-bond acceptors (Lipinski definition) is 1. The van der Waals surface area contributed by atoms with Crippen LogP contribution >= 0.6 is 0 Å². The van der Waals surface area contributed by atoms with Crippen LogP contribution < -0.4 is 0 Å². The van der Waals surface area contributed by atoms with E-state index in [0.717, 1.165) is 5.92 Å². The molecule has 0 amide bonds. The third kappa shape index (κ3) is 1.38. The van der Waals surface area contributed by atoms with Gasteiger partial charge in [-0.05, 0) is 30.2 Å². The zero-order valence-electron chi connectivity index (χ0n) is 8.67. The van der Waals surface area contributed by atoms with Crippen LogP contribution in [0.2, 0.25) is 0 Å². The van der Waals surface area contributed by atoms with Crippen LogP contribution in [0.25, 0.3) is 0 Å². The van der Waals surface area contributed by atoms with Crippen molar-refractivity contribution < 1.29 is 0 Å². The summed E-state index contributed by atoms with van der Waals surface area (Å²) in [5, 5.41) is 7.33. The van der Waals surface area contributed by atoms with Crippen LogP contribution in [0.1, 0.15) is 56.7 Å². The Morgan fingerprint density at radius 3 is 2.92 bits per heavy atom. The van der Waals surface area contributed by atoms with E-state index >= 15 is 0 Å². The minimum absolute atomic E-state index is 0.698. The quantitative estimate of drug-likeness (QED) is 0.703. The average molecular weight is 178 g/mol. The van der Waals surface area contributed by atoms with Gasteiger partial charge in [-0.3, -0.25) is 5.10 Å².